The van der Waals surface area contributed by atoms with Crippen molar-refractivity contribution in [3.05, 3.63) is 77.3 Å². The van der Waals surface area contributed by atoms with Crippen LogP contribution < -0.4 is 4.74 Å². The number of hydrogen-bond donors (Lipinski definition) is 1. The van der Waals surface area contributed by atoms with E-state index >= 15 is 0 Å². The van der Waals surface area contributed by atoms with Gasteiger partial charge in [-0.05, 0) is 74.3 Å². The van der Waals surface area contributed by atoms with Crippen molar-refractivity contribution in [2.45, 2.75) is 20.3 Å². The molecule has 1 fully saturated rings. The Labute approximate surface area is 216 Å². The van der Waals surface area contributed by atoms with Gasteiger partial charge in [-0.2, -0.15) is 0 Å². The van der Waals surface area contributed by atoms with Gasteiger partial charge in [0.15, 0.2) is 5.75 Å². The molecule has 5 rings (SSSR count). The van der Waals surface area contributed by atoms with E-state index in [0.29, 0.717) is 11.4 Å². The average Bonchev–Trinajstić information content (AvgIpc) is 3.04. The van der Waals surface area contributed by atoms with Crippen molar-refractivity contribution in [2.24, 2.45) is 10.4 Å². The zero-order valence-corrected chi connectivity index (χ0v) is 21.3. The Morgan fingerprint density at radius 1 is 0.972 bits per heavy atom. The molecule has 0 amide bonds. The van der Waals surface area contributed by atoms with E-state index in [0.717, 1.165) is 72.4 Å². The molecule has 36 heavy (non-hydrogen) atoms. The van der Waals surface area contributed by atoms with E-state index in [1.54, 1.807) is 13.8 Å². The minimum Gasteiger partial charge on any atom is -0.481 e. The molecule has 1 saturated heterocycles. The summed E-state index contributed by atoms with van der Waals surface area (Å²) >= 11 is 6.11. The fraction of sp³-hybridized carbons (Fsp3) is 0.310. The second kappa shape index (κ2) is 9.96. The molecule has 2 aliphatic heterocycles. The van der Waals surface area contributed by atoms with Crippen LogP contribution in [0.2, 0.25) is 5.02 Å². The molecule has 0 spiro atoms. The Morgan fingerprint density at radius 2 is 1.67 bits per heavy atom. The van der Waals surface area contributed by atoms with Crippen LogP contribution >= 0.6 is 11.6 Å². The molecule has 6 nitrogen and oxygen atoms in total. The minimum atomic E-state index is -0.749. The number of carbonyl (C=O) groups is 1. The summed E-state index contributed by atoms with van der Waals surface area (Å²) < 4.78 is 6.32. The average molecular weight is 504 g/mol. The van der Waals surface area contributed by atoms with Crippen LogP contribution in [0.3, 0.4) is 0 Å². The first-order valence-corrected chi connectivity index (χ1v) is 12.6. The van der Waals surface area contributed by atoms with Crippen LogP contribution in [-0.4, -0.2) is 59.4 Å². The van der Waals surface area contributed by atoms with Crippen molar-refractivity contribution in [2.75, 3.05) is 32.7 Å². The zero-order chi connectivity index (χ0) is 25.3. The molecule has 0 unspecified atom stereocenters. The van der Waals surface area contributed by atoms with E-state index in [-0.39, 0.29) is 0 Å². The smallest absolute Gasteiger partial charge is 0.309 e. The fourth-order valence-electron chi connectivity index (χ4n) is 4.51. The number of rotatable bonds is 5. The van der Waals surface area contributed by atoms with E-state index in [1.165, 1.54) is 0 Å². The normalized spacial score (nSPS) is 15.9. The Balaban J connectivity index is 1.43. The Kier molecular flexibility index (Phi) is 6.73. The highest BCUT2D eigenvalue weighted by atomic mass is 35.5. The second-order valence-electron chi connectivity index (χ2n) is 9.99. The molecule has 3 aromatic carbocycles. The first kappa shape index (κ1) is 24.3. The lowest BCUT2D eigenvalue weighted by Gasteiger charge is -2.37. The van der Waals surface area contributed by atoms with Crippen molar-refractivity contribution in [1.29, 1.82) is 0 Å². The standard InChI is InChI=1S/C29H30ClN3O3/c1-29(2,28(34)35)13-14-32-15-17-33(18-16-32)27-23-19-21(20-7-10-22(30)11-8-20)9-12-25(23)36-26-6-4-3-5-24(26)31-27/h3-12,19H,13-18H2,1-2H3,(H,34,35). The highest BCUT2D eigenvalue weighted by Gasteiger charge is 2.30. The summed E-state index contributed by atoms with van der Waals surface area (Å²) in [7, 11) is 0. The predicted molar refractivity (Wildman–Crippen MR) is 144 cm³/mol. The topological polar surface area (TPSA) is 65.4 Å². The summed E-state index contributed by atoms with van der Waals surface area (Å²) in [5.41, 5.74) is 3.19. The number of fused-ring (bicyclic) bond motifs is 2. The van der Waals surface area contributed by atoms with Crippen molar-refractivity contribution in [3.8, 4) is 22.6 Å². The summed E-state index contributed by atoms with van der Waals surface area (Å²) in [5.74, 6) is 1.67. The van der Waals surface area contributed by atoms with Gasteiger partial charge in [-0.3, -0.25) is 9.69 Å². The molecule has 0 bridgehead atoms. The van der Waals surface area contributed by atoms with Gasteiger partial charge in [-0.15, -0.1) is 0 Å². The number of hydrogen-bond acceptors (Lipinski definition) is 5. The fourth-order valence-corrected chi connectivity index (χ4v) is 4.64. The number of para-hydroxylation sites is 2. The van der Waals surface area contributed by atoms with E-state index < -0.39 is 11.4 Å². The third-order valence-corrected chi connectivity index (χ3v) is 7.27. The summed E-state index contributed by atoms with van der Waals surface area (Å²) in [5, 5.41) is 10.1. The van der Waals surface area contributed by atoms with Gasteiger partial charge in [0.25, 0.3) is 0 Å². The van der Waals surface area contributed by atoms with Crippen molar-refractivity contribution < 1.29 is 14.6 Å². The lowest BCUT2D eigenvalue weighted by Crippen LogP contribution is -2.49. The molecule has 0 radical (unpaired) electrons. The van der Waals surface area contributed by atoms with E-state index in [9.17, 15) is 9.90 Å². The Bertz CT molecular complexity index is 1300. The van der Waals surface area contributed by atoms with Crippen LogP contribution in [0.4, 0.5) is 5.69 Å². The van der Waals surface area contributed by atoms with Crippen molar-refractivity contribution in [1.82, 2.24) is 9.80 Å². The number of ether oxygens (including phenoxy) is 1. The molecule has 3 aromatic rings. The van der Waals surface area contributed by atoms with Crippen LogP contribution in [0, 0.1) is 5.41 Å². The van der Waals surface area contributed by atoms with E-state index in [1.807, 2.05) is 54.6 Å². The number of nitrogens with zero attached hydrogens (tertiary/aromatic N) is 3. The van der Waals surface area contributed by atoms with E-state index in [2.05, 4.69) is 21.9 Å². The Morgan fingerprint density at radius 3 is 2.39 bits per heavy atom. The molecule has 2 heterocycles. The zero-order valence-electron chi connectivity index (χ0n) is 20.6. The highest BCUT2D eigenvalue weighted by Crippen LogP contribution is 2.39. The van der Waals surface area contributed by atoms with Gasteiger partial charge in [0, 0.05) is 31.2 Å². The van der Waals surface area contributed by atoms with Crippen molar-refractivity contribution >= 4 is 29.1 Å². The molecule has 0 saturated carbocycles. The summed E-state index contributed by atoms with van der Waals surface area (Å²) in [6, 6.07) is 21.9. The number of aliphatic imine (C=N–C) groups is 1. The Hall–Kier alpha value is -3.35. The molecular weight excluding hydrogens is 474 g/mol. The summed E-state index contributed by atoms with van der Waals surface area (Å²) in [4.78, 5) is 21.2. The van der Waals surface area contributed by atoms with Crippen LogP contribution in [0.25, 0.3) is 11.1 Å². The van der Waals surface area contributed by atoms with E-state index in [4.69, 9.17) is 21.3 Å². The quantitative estimate of drug-likeness (QED) is 0.442. The number of benzene rings is 3. The first-order valence-electron chi connectivity index (χ1n) is 12.3. The molecule has 186 valence electrons. The van der Waals surface area contributed by atoms with Crippen LogP contribution in [0.1, 0.15) is 25.8 Å². The van der Waals surface area contributed by atoms with Gasteiger partial charge in [0.2, 0.25) is 0 Å². The molecule has 1 N–H and O–H groups in total. The van der Waals surface area contributed by atoms with Crippen LogP contribution in [0.5, 0.6) is 11.5 Å². The van der Waals surface area contributed by atoms with Crippen molar-refractivity contribution in [3.63, 3.8) is 0 Å². The minimum absolute atomic E-state index is 0.623. The monoisotopic (exact) mass is 503 g/mol. The lowest BCUT2D eigenvalue weighted by atomic mass is 9.89. The molecule has 7 heteroatoms. The van der Waals surface area contributed by atoms with Gasteiger partial charge >= 0.3 is 5.97 Å². The number of aliphatic carboxylic acids is 1. The molecule has 2 aliphatic rings. The van der Waals surface area contributed by atoms with Gasteiger partial charge < -0.3 is 14.7 Å². The van der Waals surface area contributed by atoms with Gasteiger partial charge in [-0.25, -0.2) is 4.99 Å². The molecule has 0 aliphatic carbocycles. The SMILES string of the molecule is CC(C)(CCN1CCN(C2=Nc3ccccc3Oc3ccc(-c4ccc(Cl)cc4)cc32)CC1)C(=O)O. The van der Waals surface area contributed by atoms with Gasteiger partial charge in [0.1, 0.15) is 17.3 Å². The second-order valence-corrected chi connectivity index (χ2v) is 10.4. The van der Waals surface area contributed by atoms with Crippen LogP contribution in [-0.2, 0) is 4.79 Å². The molecule has 0 aromatic heterocycles. The summed E-state index contributed by atoms with van der Waals surface area (Å²) in [6.07, 6.45) is 0.623. The number of carboxylic acids is 1. The third kappa shape index (κ3) is 5.11. The van der Waals surface area contributed by atoms with Crippen LogP contribution in [0.15, 0.2) is 71.7 Å². The predicted octanol–water partition coefficient (Wildman–Crippen LogP) is 6.31. The maximum absolute atomic E-state index is 11.5. The molecular formula is C29H30ClN3O3. The maximum atomic E-state index is 11.5. The summed E-state index contributed by atoms with van der Waals surface area (Å²) in [6.45, 7) is 7.66. The highest BCUT2D eigenvalue weighted by molar-refractivity contribution is 6.30. The maximum Gasteiger partial charge on any atom is 0.309 e. The van der Waals surface area contributed by atoms with Gasteiger partial charge in [-0.1, -0.05) is 41.9 Å². The lowest BCUT2D eigenvalue weighted by molar-refractivity contribution is -0.147. The first-order chi connectivity index (χ1) is 17.3. The molecule has 0 atom stereocenters. The number of carboxylic acid groups (broad SMARTS) is 1. The number of piperazine rings is 1. The third-order valence-electron chi connectivity index (χ3n) is 7.01. The number of halogens is 1. The largest absolute Gasteiger partial charge is 0.481 e. The number of amidine groups is 1. The van der Waals surface area contributed by atoms with Gasteiger partial charge in [0.05, 0.1) is 11.0 Å².